The lowest BCUT2D eigenvalue weighted by Gasteiger charge is -2.22. The van der Waals surface area contributed by atoms with E-state index in [2.05, 4.69) is 41.3 Å². The predicted molar refractivity (Wildman–Crippen MR) is 133 cm³/mol. The topological polar surface area (TPSA) is 85.2 Å². The maximum Gasteiger partial charge on any atom is 0.239 e. The third-order valence-electron chi connectivity index (χ3n) is 6.83. The van der Waals surface area contributed by atoms with Crippen LogP contribution in [-0.2, 0) is 11.2 Å². The molecule has 1 aliphatic heterocycles. The summed E-state index contributed by atoms with van der Waals surface area (Å²) in [6.45, 7) is 7.50. The summed E-state index contributed by atoms with van der Waals surface area (Å²) < 4.78 is 5.57. The molecule has 0 spiro atoms. The molecule has 6 heteroatoms. The molecule has 1 aliphatic rings. The highest BCUT2D eigenvalue weighted by Gasteiger charge is 2.33. The first kappa shape index (κ1) is 25.4. The molecule has 0 radical (unpaired) electrons. The molecule has 1 saturated heterocycles. The zero-order valence-electron chi connectivity index (χ0n) is 20.8. The number of nitrogens with zero attached hydrogens (tertiary/aromatic N) is 3. The number of aromatic nitrogens is 2. The van der Waals surface area contributed by atoms with E-state index in [9.17, 15) is 4.79 Å². The Morgan fingerprint density at radius 2 is 1.76 bits per heavy atom. The maximum absolute atomic E-state index is 12.5. The van der Waals surface area contributed by atoms with E-state index < -0.39 is 6.04 Å². The third-order valence-corrected chi connectivity index (χ3v) is 6.83. The lowest BCUT2D eigenvalue weighted by atomic mass is 10.0. The summed E-state index contributed by atoms with van der Waals surface area (Å²) >= 11 is 0. The number of hydrogen-bond acceptors (Lipinski definition) is 5. The van der Waals surface area contributed by atoms with Crippen LogP contribution in [0.5, 0.6) is 0 Å². The second-order valence-electron chi connectivity index (χ2n) is 9.92. The van der Waals surface area contributed by atoms with Crippen molar-refractivity contribution < 1.29 is 9.32 Å². The second-order valence-corrected chi connectivity index (χ2v) is 9.92. The number of hydrogen-bond donors (Lipinski definition) is 1. The van der Waals surface area contributed by atoms with Crippen molar-refractivity contribution in [3.8, 4) is 11.4 Å². The molecule has 182 valence electrons. The minimum absolute atomic E-state index is 0.0133. The summed E-state index contributed by atoms with van der Waals surface area (Å²) in [5, 5.41) is 4.20. The number of amides is 1. The zero-order valence-corrected chi connectivity index (χ0v) is 20.8. The smallest absolute Gasteiger partial charge is 0.239 e. The van der Waals surface area contributed by atoms with Crippen LogP contribution in [0.3, 0.4) is 0 Å². The van der Waals surface area contributed by atoms with Crippen LogP contribution in [0.25, 0.3) is 11.4 Å². The lowest BCUT2D eigenvalue weighted by Crippen LogP contribution is -2.45. The van der Waals surface area contributed by atoms with Gasteiger partial charge in [-0.15, -0.1) is 0 Å². The van der Waals surface area contributed by atoms with Gasteiger partial charge in [0.15, 0.2) is 0 Å². The Kier molecular flexibility index (Phi) is 9.92. The van der Waals surface area contributed by atoms with Gasteiger partial charge >= 0.3 is 0 Å². The molecule has 0 saturated carbocycles. The highest BCUT2D eigenvalue weighted by atomic mass is 16.5. The van der Waals surface area contributed by atoms with Gasteiger partial charge in [0.25, 0.3) is 0 Å². The van der Waals surface area contributed by atoms with E-state index in [-0.39, 0.29) is 17.7 Å². The molecule has 2 N–H and O–H groups in total. The quantitative estimate of drug-likeness (QED) is 0.391. The summed E-state index contributed by atoms with van der Waals surface area (Å²) in [6.07, 6.45) is 12.7. The average Bonchev–Trinajstić information content (AvgIpc) is 3.50. The van der Waals surface area contributed by atoms with Gasteiger partial charge in [0, 0.05) is 18.7 Å². The fraction of sp³-hybridized carbons (Fsp3) is 0.667. The molecule has 3 rings (SSSR count). The summed E-state index contributed by atoms with van der Waals surface area (Å²) in [4.78, 5) is 19.0. The Morgan fingerprint density at radius 3 is 2.42 bits per heavy atom. The molecule has 0 unspecified atom stereocenters. The van der Waals surface area contributed by atoms with Gasteiger partial charge in [0.1, 0.15) is 0 Å². The van der Waals surface area contributed by atoms with Gasteiger partial charge in [0.2, 0.25) is 17.6 Å². The largest absolute Gasteiger partial charge is 0.341 e. The Labute approximate surface area is 199 Å². The van der Waals surface area contributed by atoms with Gasteiger partial charge < -0.3 is 15.2 Å². The van der Waals surface area contributed by atoms with Crippen molar-refractivity contribution in [2.75, 3.05) is 13.1 Å². The highest BCUT2D eigenvalue weighted by Crippen LogP contribution is 2.28. The molecule has 1 aromatic carbocycles. The molecule has 0 bridgehead atoms. The van der Waals surface area contributed by atoms with Gasteiger partial charge in [-0.3, -0.25) is 4.79 Å². The van der Waals surface area contributed by atoms with Crippen LogP contribution in [0.15, 0.2) is 28.8 Å². The lowest BCUT2D eigenvalue weighted by molar-refractivity contribution is -0.132. The van der Waals surface area contributed by atoms with Crippen LogP contribution >= 0.6 is 0 Å². The van der Waals surface area contributed by atoms with Gasteiger partial charge in [-0.05, 0) is 30.7 Å². The number of unbranched alkanes of at least 4 members (excludes halogenated alkanes) is 7. The SMILES string of the molecule is CCCCCCCCCCc1ccc(-c2noc([C@@H]3CCN(C(=O)[C@@H](N)C(C)C)C3)n2)cc1. The van der Waals surface area contributed by atoms with Crippen LogP contribution in [-0.4, -0.2) is 40.1 Å². The molecule has 6 nitrogen and oxygen atoms in total. The van der Waals surface area contributed by atoms with Crippen LogP contribution in [0.2, 0.25) is 0 Å². The molecule has 1 amide bonds. The van der Waals surface area contributed by atoms with E-state index in [0.29, 0.717) is 24.8 Å². The minimum atomic E-state index is -0.452. The summed E-state index contributed by atoms with van der Waals surface area (Å²) in [6, 6.07) is 8.07. The molecule has 33 heavy (non-hydrogen) atoms. The first-order valence-electron chi connectivity index (χ1n) is 13.0. The number of likely N-dealkylation sites (tertiary alicyclic amines) is 1. The van der Waals surface area contributed by atoms with Gasteiger partial charge in [-0.1, -0.05) is 95.1 Å². The van der Waals surface area contributed by atoms with Crippen LogP contribution < -0.4 is 5.73 Å². The number of carbonyl (C=O) groups excluding carboxylic acids is 1. The Balaban J connectivity index is 1.44. The Bertz CT molecular complexity index is 846. The molecule has 2 atom stereocenters. The predicted octanol–water partition coefficient (Wildman–Crippen LogP) is 5.72. The van der Waals surface area contributed by atoms with E-state index in [0.717, 1.165) is 18.4 Å². The van der Waals surface area contributed by atoms with E-state index in [1.54, 1.807) is 0 Å². The van der Waals surface area contributed by atoms with Crippen LogP contribution in [0, 0.1) is 5.92 Å². The highest BCUT2D eigenvalue weighted by molar-refractivity contribution is 5.82. The van der Waals surface area contributed by atoms with E-state index in [1.807, 2.05) is 18.7 Å². The molecular weight excluding hydrogens is 412 g/mol. The molecule has 1 fully saturated rings. The van der Waals surface area contributed by atoms with E-state index >= 15 is 0 Å². The normalized spacial score (nSPS) is 17.1. The van der Waals surface area contributed by atoms with E-state index in [1.165, 1.54) is 56.9 Å². The average molecular weight is 455 g/mol. The van der Waals surface area contributed by atoms with Crippen molar-refractivity contribution in [1.29, 1.82) is 0 Å². The minimum Gasteiger partial charge on any atom is -0.341 e. The summed E-state index contributed by atoms with van der Waals surface area (Å²) in [5.74, 6) is 1.45. The molecule has 0 aliphatic carbocycles. The standard InChI is InChI=1S/C27H42N4O2/c1-4-5-6-7-8-9-10-11-12-21-13-15-22(16-14-21)25-29-26(33-30-25)23-17-18-31(19-23)27(32)24(28)20(2)3/h13-16,20,23-24H,4-12,17-19,28H2,1-3H3/t23-,24+/m1/s1. The van der Waals surface area contributed by atoms with Gasteiger partial charge in [0.05, 0.1) is 12.0 Å². The van der Waals surface area contributed by atoms with Crippen LogP contribution in [0.1, 0.15) is 95.9 Å². The molecular formula is C27H42N4O2. The zero-order chi connectivity index (χ0) is 23.6. The number of benzene rings is 1. The fourth-order valence-electron chi connectivity index (χ4n) is 4.46. The van der Waals surface area contributed by atoms with Crippen molar-refractivity contribution >= 4 is 5.91 Å². The van der Waals surface area contributed by atoms with Gasteiger partial charge in [-0.25, -0.2) is 0 Å². The number of carbonyl (C=O) groups is 1. The number of aryl methyl sites for hydroxylation is 1. The van der Waals surface area contributed by atoms with Crippen LogP contribution in [0.4, 0.5) is 0 Å². The van der Waals surface area contributed by atoms with Gasteiger partial charge in [-0.2, -0.15) is 4.98 Å². The first-order valence-corrected chi connectivity index (χ1v) is 13.0. The second kappa shape index (κ2) is 12.9. The molecule has 1 aromatic heterocycles. The Hall–Kier alpha value is -2.21. The number of rotatable bonds is 13. The summed E-state index contributed by atoms with van der Waals surface area (Å²) in [7, 11) is 0. The molecule has 2 aromatic rings. The molecule has 2 heterocycles. The third kappa shape index (κ3) is 7.39. The first-order chi connectivity index (χ1) is 16.0. The van der Waals surface area contributed by atoms with Crippen molar-refractivity contribution in [2.45, 2.75) is 96.9 Å². The Morgan fingerprint density at radius 1 is 1.09 bits per heavy atom. The van der Waals surface area contributed by atoms with Crippen molar-refractivity contribution in [3.05, 3.63) is 35.7 Å². The van der Waals surface area contributed by atoms with Crippen molar-refractivity contribution in [1.82, 2.24) is 15.0 Å². The van der Waals surface area contributed by atoms with E-state index in [4.69, 9.17) is 10.3 Å². The fourth-order valence-corrected chi connectivity index (χ4v) is 4.46. The van der Waals surface area contributed by atoms with Crippen molar-refractivity contribution in [3.63, 3.8) is 0 Å². The maximum atomic E-state index is 12.5. The number of nitrogens with two attached hydrogens (primary N) is 1. The van der Waals surface area contributed by atoms with Crippen molar-refractivity contribution in [2.24, 2.45) is 11.7 Å². The monoisotopic (exact) mass is 454 g/mol. The summed E-state index contributed by atoms with van der Waals surface area (Å²) in [5.41, 5.74) is 8.37.